The average Bonchev–Trinajstić information content (AvgIpc) is 2.08. The number of nitrogens with one attached hydrogen (secondary N) is 1. The molecular formula is C10H16FmNO5-. The van der Waals surface area contributed by atoms with Crippen LogP contribution in [-0.4, -0.2) is 35.1 Å². The Labute approximate surface area is 94.0 Å². The molecule has 104 valence electrons. The molecule has 0 aliphatic carbocycles. The Morgan fingerprint density at radius 2 is 1.94 bits per heavy atom. The van der Waals surface area contributed by atoms with E-state index in [2.05, 4.69) is 0 Å². The maximum Gasteiger partial charge on any atom is 0.323 e. The summed E-state index contributed by atoms with van der Waals surface area (Å²) in [6, 6.07) is -1.11. The van der Waals surface area contributed by atoms with Gasteiger partial charge in [0.2, 0.25) is 0 Å². The van der Waals surface area contributed by atoms with Crippen LogP contribution in [0.15, 0.2) is 0 Å². The molecule has 0 spiro atoms. The van der Waals surface area contributed by atoms with Crippen molar-refractivity contribution in [3.63, 3.8) is 0 Å². The Kier molecular flexibility index (Phi) is 6.74. The number of hydrogen-bond acceptors (Lipinski definition) is 4. The third kappa shape index (κ3) is 8.41. The number of amides is 1. The van der Waals surface area contributed by atoms with E-state index in [1.165, 1.54) is 6.41 Å². The van der Waals surface area contributed by atoms with Gasteiger partial charge in [-0.05, 0) is 27.2 Å². The van der Waals surface area contributed by atoms with E-state index in [9.17, 15) is 14.4 Å². The Hall–Kier alpha value is -2.59. The Bertz CT molecular complexity index is 274. The molecule has 0 heterocycles. The van der Waals surface area contributed by atoms with Crippen molar-refractivity contribution in [2.75, 3.05) is 0 Å². The molecule has 0 aliphatic rings. The van der Waals surface area contributed by atoms with Gasteiger partial charge in [-0.1, -0.05) is 0 Å². The van der Waals surface area contributed by atoms with E-state index in [1.54, 1.807) is 20.8 Å². The molecule has 2 N–H and O–H groups in total. The first-order valence-corrected chi connectivity index (χ1v) is 4.83. The summed E-state index contributed by atoms with van der Waals surface area (Å²) in [7, 11) is 0. The topological polar surface area (TPSA) is 92.7 Å². The van der Waals surface area contributed by atoms with Crippen molar-refractivity contribution in [1.29, 1.82) is 0 Å². The smallest absolute Gasteiger partial charge is 0.323 e. The van der Waals surface area contributed by atoms with Crippen LogP contribution in [-0.2, 0) is 19.1 Å². The van der Waals surface area contributed by atoms with Crippen LogP contribution < -0.4 is 5.32 Å². The maximum absolute atomic E-state index is 11.2. The van der Waals surface area contributed by atoms with Gasteiger partial charge < -0.3 is 20.0 Å². The van der Waals surface area contributed by atoms with E-state index in [0.717, 1.165) is 0 Å². The fraction of sp³-hybridized carbons (Fsp3) is 0.700. The second-order valence-electron chi connectivity index (χ2n) is 4.26. The van der Waals surface area contributed by atoms with Gasteiger partial charge in [-0.25, -0.2) is 0 Å². The van der Waals surface area contributed by atoms with Crippen LogP contribution in [0.25, 0.3) is 0 Å². The molecule has 0 aromatic carbocycles. The van der Waals surface area contributed by atoms with E-state index >= 15 is 0 Å². The zero-order chi connectivity index (χ0) is 12.8. The molecule has 0 aromatic rings. The fourth-order valence-electron chi connectivity index (χ4n) is 0.983. The Morgan fingerprint density at radius 1 is 1.41 bits per heavy atom. The van der Waals surface area contributed by atoms with Crippen LogP contribution in [0.3, 0.4) is 0 Å². The predicted octanol–water partition coefficient (Wildman–Crippen LogP) is 0.218. The molecule has 0 aromatic heterocycles. The third-order valence-electron chi connectivity index (χ3n) is 1.59. The van der Waals surface area contributed by atoms with Gasteiger partial charge in [-0.2, -0.15) is 6.41 Å². The quantitative estimate of drug-likeness (QED) is 0.318. The Morgan fingerprint density at radius 3 is 2.29 bits per heavy atom. The summed E-state index contributed by atoms with van der Waals surface area (Å²) in [4.78, 5) is 31.8. The largest absolute Gasteiger partial charge is 0.520 e. The summed E-state index contributed by atoms with van der Waals surface area (Å²) in [6.45, 7) is 5.16. The molecule has 0 aliphatic heterocycles. The van der Waals surface area contributed by atoms with Crippen molar-refractivity contribution in [2.45, 2.75) is 45.3 Å². The minimum Gasteiger partial charge on any atom is -0.520 e. The van der Waals surface area contributed by atoms with Crippen LogP contribution in [0, 0.1) is 0 Å². The average molecular weight is 487 g/mol. The van der Waals surface area contributed by atoms with Gasteiger partial charge in [-0.3, -0.25) is 9.59 Å². The first kappa shape index (κ1) is 16.8. The minimum atomic E-state index is -1.20. The van der Waals surface area contributed by atoms with Gasteiger partial charge in [-0.15, -0.1) is 0 Å². The molecule has 6 nitrogen and oxygen atoms in total. The van der Waals surface area contributed by atoms with Crippen molar-refractivity contribution < 1.29 is 24.2 Å². The molecule has 0 bridgehead atoms. The van der Waals surface area contributed by atoms with E-state index in [1.807, 2.05) is 5.32 Å². The standard InChI is InChI=1S/C10H16NO5.Fm/c1-10(2,3)16-8(13)5-4-7(9(14)15)11-6-12;/h7H,4-5H2,1-3H3,(H,11,12)(H,14,15);/q-1;. The van der Waals surface area contributed by atoms with Crippen molar-refractivity contribution in [1.82, 2.24) is 5.32 Å². The van der Waals surface area contributed by atoms with Gasteiger partial charge in [0.05, 0.1) is 6.04 Å². The number of aliphatic carboxylic acids is 1. The monoisotopic (exact) mass is 487 g/mol. The normalized spacial score (nSPS) is 11.9. The molecule has 0 fully saturated rings. The van der Waals surface area contributed by atoms with E-state index < -0.39 is 23.6 Å². The van der Waals surface area contributed by atoms with Gasteiger partial charge in [0, 0.05) is 6.42 Å². The van der Waals surface area contributed by atoms with Gasteiger partial charge in [0.15, 0.2) is 0 Å². The molecule has 0 saturated carbocycles. The van der Waals surface area contributed by atoms with E-state index in [-0.39, 0.29) is 12.8 Å². The van der Waals surface area contributed by atoms with Crippen LogP contribution in [0.1, 0.15) is 33.6 Å². The summed E-state index contributed by atoms with van der Waals surface area (Å²) >= 11 is 0. The van der Waals surface area contributed by atoms with Crippen molar-refractivity contribution >= 4 is 18.3 Å². The van der Waals surface area contributed by atoms with Crippen molar-refractivity contribution in [3.8, 4) is 0 Å². The summed E-state index contributed by atoms with van der Waals surface area (Å²) in [5, 5.41) is 10.6. The number of ether oxygens (including phenoxy) is 1. The zero-order valence-corrected chi connectivity index (χ0v) is 12.3. The first-order valence-electron chi connectivity index (χ1n) is 4.83. The minimum absolute atomic E-state index is 0. The molecule has 1 amide bonds. The van der Waals surface area contributed by atoms with Gasteiger partial charge in [0.1, 0.15) is 5.60 Å². The van der Waals surface area contributed by atoms with Crippen LogP contribution in [0.5, 0.6) is 0 Å². The third-order valence-corrected chi connectivity index (χ3v) is 1.59. The van der Waals surface area contributed by atoms with Crippen LogP contribution in [0.4, 0.5) is 0 Å². The molecule has 17 heavy (non-hydrogen) atoms. The summed E-state index contributed by atoms with van der Waals surface area (Å²) in [5.74, 6) is -1.70. The maximum atomic E-state index is 11.2. The number of carboxylic acid groups (broad SMARTS) is 1. The summed E-state index contributed by atoms with van der Waals surface area (Å²) in [6.07, 6.45) is 1.21. The van der Waals surface area contributed by atoms with E-state index in [4.69, 9.17) is 9.84 Å². The molecular weight excluding hydrogens is 471 g/mol. The molecule has 1 atom stereocenters. The molecule has 0 saturated heterocycles. The number of carboxylic acids is 1. The van der Waals surface area contributed by atoms with Crippen LogP contribution >= 0.6 is 0 Å². The van der Waals surface area contributed by atoms with Gasteiger partial charge >= 0.3 is 11.9 Å². The summed E-state index contributed by atoms with van der Waals surface area (Å²) < 4.78 is 4.99. The number of esters is 1. The Balaban J connectivity index is 0. The van der Waals surface area contributed by atoms with E-state index in [0.29, 0.717) is 0 Å². The molecule has 0 rings (SSSR count). The predicted molar refractivity (Wildman–Crippen MR) is 55.3 cm³/mol. The molecule has 1 unspecified atom stereocenters. The van der Waals surface area contributed by atoms with Crippen molar-refractivity contribution in [2.24, 2.45) is 0 Å². The second kappa shape index (κ2) is 6.81. The van der Waals surface area contributed by atoms with Crippen molar-refractivity contribution in [3.05, 3.63) is 0 Å². The second-order valence-corrected chi connectivity index (χ2v) is 4.26. The number of hydrogen-bond donors (Lipinski definition) is 2. The zero-order valence-electron chi connectivity index (χ0n) is 9.86. The van der Waals surface area contributed by atoms with Crippen LogP contribution in [0.2, 0.25) is 0 Å². The number of carbonyl (C=O) groups is 2. The fourth-order valence-corrected chi connectivity index (χ4v) is 0.983. The summed E-state index contributed by atoms with van der Waals surface area (Å²) in [5.41, 5.74) is -0.597. The number of rotatable bonds is 6. The first-order chi connectivity index (χ1) is 7.26. The molecule has 0 radical (unpaired) electrons. The molecule has 7 heteroatoms. The van der Waals surface area contributed by atoms with Gasteiger partial charge in [0.25, 0.3) is 0 Å². The number of carbonyl (C=O) groups excluding carboxylic acids is 2. The SMILES string of the molecule is CC(C)(C)OC(=O)CCC(N[C-]=O)C(=O)O.[Fm].